The molecule has 2 aromatic rings. The zero-order valence-corrected chi connectivity index (χ0v) is 12.4. The molecule has 0 bridgehead atoms. The Morgan fingerprint density at radius 2 is 1.95 bits per heavy atom. The minimum Gasteiger partial charge on any atom is -0.370 e. The zero-order chi connectivity index (χ0) is 14.4. The summed E-state index contributed by atoms with van der Waals surface area (Å²) in [4.78, 5) is 8.92. The van der Waals surface area contributed by atoms with E-state index in [-0.39, 0.29) is 0 Å². The molecule has 0 saturated carbocycles. The third-order valence-corrected chi connectivity index (χ3v) is 2.96. The highest BCUT2D eigenvalue weighted by atomic mass is 15.1. The number of benzene rings is 1. The largest absolute Gasteiger partial charge is 0.370 e. The molecule has 0 atom stereocenters. The molecule has 2 rings (SSSR count). The number of anilines is 3. The van der Waals surface area contributed by atoms with E-state index < -0.39 is 0 Å². The molecule has 2 N–H and O–H groups in total. The van der Waals surface area contributed by atoms with Gasteiger partial charge >= 0.3 is 0 Å². The van der Waals surface area contributed by atoms with Crippen LogP contribution >= 0.6 is 0 Å². The molecule has 106 valence electrons. The van der Waals surface area contributed by atoms with Crippen LogP contribution in [0.15, 0.2) is 30.3 Å². The smallest absolute Gasteiger partial charge is 0.229 e. The van der Waals surface area contributed by atoms with Gasteiger partial charge in [-0.25, -0.2) is 4.98 Å². The van der Waals surface area contributed by atoms with E-state index in [1.165, 1.54) is 12.0 Å². The van der Waals surface area contributed by atoms with Crippen LogP contribution in [0.1, 0.15) is 31.0 Å². The highest BCUT2D eigenvalue weighted by molar-refractivity contribution is 5.56. The van der Waals surface area contributed by atoms with Gasteiger partial charge in [-0.3, -0.25) is 0 Å². The summed E-state index contributed by atoms with van der Waals surface area (Å²) >= 11 is 0. The van der Waals surface area contributed by atoms with Gasteiger partial charge in [0.2, 0.25) is 5.95 Å². The first-order valence-electron chi connectivity index (χ1n) is 7.10. The number of aromatic nitrogens is 2. The average Bonchev–Trinajstić information content (AvgIpc) is 2.38. The van der Waals surface area contributed by atoms with Crippen molar-refractivity contribution in [3.63, 3.8) is 0 Å². The summed E-state index contributed by atoms with van der Waals surface area (Å²) in [6.45, 7) is 7.17. The lowest BCUT2D eigenvalue weighted by Gasteiger charge is -2.10. The SMILES string of the molecule is CCCCNc1cc(C)nc(Nc2cccc(C)c2)n1. The minimum atomic E-state index is 0.634. The summed E-state index contributed by atoms with van der Waals surface area (Å²) in [7, 11) is 0. The lowest BCUT2D eigenvalue weighted by molar-refractivity contribution is 0.830. The molecule has 0 aliphatic carbocycles. The summed E-state index contributed by atoms with van der Waals surface area (Å²) in [6, 6.07) is 10.2. The van der Waals surface area contributed by atoms with Crippen molar-refractivity contribution in [2.24, 2.45) is 0 Å². The maximum atomic E-state index is 4.50. The van der Waals surface area contributed by atoms with E-state index in [0.29, 0.717) is 5.95 Å². The van der Waals surface area contributed by atoms with Crippen LogP contribution in [0.3, 0.4) is 0 Å². The first kappa shape index (κ1) is 14.3. The molecule has 0 aliphatic rings. The standard InChI is InChI=1S/C16H22N4/c1-4-5-9-17-15-11-13(3)18-16(20-15)19-14-8-6-7-12(2)10-14/h6-8,10-11H,4-5,9H2,1-3H3,(H2,17,18,19,20). The predicted molar refractivity (Wildman–Crippen MR) is 84.6 cm³/mol. The van der Waals surface area contributed by atoms with Crippen LogP contribution in [-0.4, -0.2) is 16.5 Å². The molecule has 1 heterocycles. The number of unbranched alkanes of at least 4 members (excludes halogenated alkanes) is 1. The Labute approximate surface area is 120 Å². The van der Waals surface area contributed by atoms with Crippen molar-refractivity contribution in [2.75, 3.05) is 17.2 Å². The molecule has 0 spiro atoms. The van der Waals surface area contributed by atoms with Crippen molar-refractivity contribution in [3.05, 3.63) is 41.6 Å². The number of hydrogen-bond donors (Lipinski definition) is 2. The molecule has 0 aliphatic heterocycles. The summed E-state index contributed by atoms with van der Waals surface area (Å²) in [5, 5.41) is 6.59. The molecule has 1 aromatic heterocycles. The highest BCUT2D eigenvalue weighted by Gasteiger charge is 2.02. The Morgan fingerprint density at radius 1 is 1.10 bits per heavy atom. The predicted octanol–water partition coefficient (Wildman–Crippen LogP) is 4.05. The molecular weight excluding hydrogens is 248 g/mol. The summed E-state index contributed by atoms with van der Waals surface area (Å²) < 4.78 is 0. The van der Waals surface area contributed by atoms with Gasteiger partial charge in [-0.2, -0.15) is 4.98 Å². The molecular formula is C16H22N4. The van der Waals surface area contributed by atoms with Gasteiger partial charge in [0.25, 0.3) is 0 Å². The normalized spacial score (nSPS) is 10.3. The Morgan fingerprint density at radius 3 is 2.70 bits per heavy atom. The average molecular weight is 270 g/mol. The van der Waals surface area contributed by atoms with Crippen molar-refractivity contribution in [1.29, 1.82) is 0 Å². The van der Waals surface area contributed by atoms with Gasteiger partial charge in [0, 0.05) is 24.0 Å². The molecule has 20 heavy (non-hydrogen) atoms. The Kier molecular flexibility index (Phi) is 4.93. The van der Waals surface area contributed by atoms with Gasteiger partial charge in [0.05, 0.1) is 0 Å². The van der Waals surface area contributed by atoms with E-state index in [4.69, 9.17) is 0 Å². The van der Waals surface area contributed by atoms with Crippen molar-refractivity contribution >= 4 is 17.5 Å². The van der Waals surface area contributed by atoms with Crippen LogP contribution in [0, 0.1) is 13.8 Å². The maximum Gasteiger partial charge on any atom is 0.229 e. The van der Waals surface area contributed by atoms with Crippen molar-refractivity contribution in [1.82, 2.24) is 9.97 Å². The molecule has 0 saturated heterocycles. The minimum absolute atomic E-state index is 0.634. The molecule has 0 radical (unpaired) electrons. The fourth-order valence-corrected chi connectivity index (χ4v) is 1.96. The van der Waals surface area contributed by atoms with E-state index in [1.807, 2.05) is 25.1 Å². The van der Waals surface area contributed by atoms with E-state index in [2.05, 4.69) is 46.6 Å². The monoisotopic (exact) mass is 270 g/mol. The molecule has 0 fully saturated rings. The summed E-state index contributed by atoms with van der Waals surface area (Å²) in [6.07, 6.45) is 2.31. The lowest BCUT2D eigenvalue weighted by Crippen LogP contribution is -2.06. The van der Waals surface area contributed by atoms with Gasteiger partial charge in [-0.1, -0.05) is 25.5 Å². The van der Waals surface area contributed by atoms with Crippen LogP contribution in [-0.2, 0) is 0 Å². The van der Waals surface area contributed by atoms with Crippen LogP contribution in [0.4, 0.5) is 17.5 Å². The first-order valence-corrected chi connectivity index (χ1v) is 7.10. The quantitative estimate of drug-likeness (QED) is 0.777. The third kappa shape index (κ3) is 4.23. The molecule has 1 aromatic carbocycles. The van der Waals surface area contributed by atoms with E-state index in [1.54, 1.807) is 0 Å². The highest BCUT2D eigenvalue weighted by Crippen LogP contribution is 2.16. The van der Waals surface area contributed by atoms with Crippen molar-refractivity contribution in [2.45, 2.75) is 33.6 Å². The fraction of sp³-hybridized carbons (Fsp3) is 0.375. The number of aryl methyl sites for hydroxylation is 2. The summed E-state index contributed by atoms with van der Waals surface area (Å²) in [5.41, 5.74) is 3.17. The van der Waals surface area contributed by atoms with Crippen LogP contribution < -0.4 is 10.6 Å². The number of nitrogens with one attached hydrogen (secondary N) is 2. The van der Waals surface area contributed by atoms with E-state index >= 15 is 0 Å². The van der Waals surface area contributed by atoms with Crippen LogP contribution in [0.5, 0.6) is 0 Å². The molecule has 0 amide bonds. The van der Waals surface area contributed by atoms with Gasteiger partial charge in [0.15, 0.2) is 0 Å². The van der Waals surface area contributed by atoms with E-state index in [9.17, 15) is 0 Å². The van der Waals surface area contributed by atoms with Crippen molar-refractivity contribution in [3.8, 4) is 0 Å². The van der Waals surface area contributed by atoms with Gasteiger partial charge in [-0.05, 0) is 38.0 Å². The zero-order valence-electron chi connectivity index (χ0n) is 12.4. The topological polar surface area (TPSA) is 49.8 Å². The van der Waals surface area contributed by atoms with E-state index in [0.717, 1.165) is 30.2 Å². The maximum absolute atomic E-state index is 4.50. The Balaban J connectivity index is 2.11. The molecule has 4 heteroatoms. The number of rotatable bonds is 6. The molecule has 0 unspecified atom stereocenters. The van der Waals surface area contributed by atoms with Gasteiger partial charge in [-0.15, -0.1) is 0 Å². The third-order valence-electron chi connectivity index (χ3n) is 2.96. The van der Waals surface area contributed by atoms with Crippen molar-refractivity contribution < 1.29 is 0 Å². The second-order valence-electron chi connectivity index (χ2n) is 4.99. The van der Waals surface area contributed by atoms with Gasteiger partial charge in [0.1, 0.15) is 5.82 Å². The number of hydrogen-bond acceptors (Lipinski definition) is 4. The first-order chi connectivity index (χ1) is 9.67. The Bertz CT molecular complexity index is 566. The van der Waals surface area contributed by atoms with Gasteiger partial charge < -0.3 is 10.6 Å². The van der Waals surface area contributed by atoms with Crippen LogP contribution in [0.2, 0.25) is 0 Å². The molecule has 4 nitrogen and oxygen atoms in total. The second kappa shape index (κ2) is 6.89. The second-order valence-corrected chi connectivity index (χ2v) is 4.99. The Hall–Kier alpha value is -2.10. The number of nitrogens with zero attached hydrogens (tertiary/aromatic N) is 2. The van der Waals surface area contributed by atoms with Crippen LogP contribution in [0.25, 0.3) is 0 Å². The summed E-state index contributed by atoms with van der Waals surface area (Å²) in [5.74, 6) is 1.51. The lowest BCUT2D eigenvalue weighted by atomic mass is 10.2. The fourth-order valence-electron chi connectivity index (χ4n) is 1.96.